The summed E-state index contributed by atoms with van der Waals surface area (Å²) in [6, 6.07) is 10.6. The monoisotopic (exact) mass is 284 g/mol. The molecule has 0 radical (unpaired) electrons. The van der Waals surface area contributed by atoms with E-state index in [9.17, 15) is 0 Å². The quantitative estimate of drug-likeness (QED) is 0.927. The number of piperazine rings is 1. The van der Waals surface area contributed by atoms with Crippen LogP contribution in [0.15, 0.2) is 34.9 Å². The summed E-state index contributed by atoms with van der Waals surface area (Å²) in [4.78, 5) is 6.97. The Morgan fingerprint density at radius 3 is 2.76 bits per heavy atom. The lowest BCUT2D eigenvalue weighted by atomic mass is 10.1. The van der Waals surface area contributed by atoms with Crippen LogP contribution in [-0.4, -0.2) is 41.2 Å². The van der Waals surface area contributed by atoms with E-state index < -0.39 is 0 Å². The zero-order chi connectivity index (χ0) is 14.1. The fourth-order valence-electron chi connectivity index (χ4n) is 3.09. The topological polar surface area (TPSA) is 54.2 Å². The maximum atomic E-state index is 5.48. The van der Waals surface area contributed by atoms with Crippen molar-refractivity contribution in [2.45, 2.75) is 24.8 Å². The molecule has 2 heterocycles. The molecule has 21 heavy (non-hydrogen) atoms. The second-order valence-electron chi connectivity index (χ2n) is 5.93. The van der Waals surface area contributed by atoms with E-state index in [0.29, 0.717) is 11.8 Å². The molecule has 2 unspecified atom stereocenters. The van der Waals surface area contributed by atoms with E-state index in [1.807, 2.05) is 0 Å². The SMILES string of the molecule is c1ccc(C2CC2c2nc(CN3CCNCC3)no2)cc1. The second-order valence-corrected chi connectivity index (χ2v) is 5.93. The Morgan fingerprint density at radius 1 is 1.14 bits per heavy atom. The van der Waals surface area contributed by atoms with Gasteiger partial charge in [-0.25, -0.2) is 0 Å². The van der Waals surface area contributed by atoms with Crippen LogP contribution in [0.4, 0.5) is 0 Å². The average Bonchev–Trinajstić information content (AvgIpc) is 3.22. The molecule has 5 heteroatoms. The molecule has 0 bridgehead atoms. The number of hydrogen-bond donors (Lipinski definition) is 1. The molecule has 110 valence electrons. The van der Waals surface area contributed by atoms with E-state index in [1.54, 1.807) is 0 Å². The molecule has 2 atom stereocenters. The van der Waals surface area contributed by atoms with Gasteiger partial charge in [-0.3, -0.25) is 4.90 Å². The smallest absolute Gasteiger partial charge is 0.230 e. The Hall–Kier alpha value is -1.72. The van der Waals surface area contributed by atoms with Crippen LogP contribution >= 0.6 is 0 Å². The molecule has 5 nitrogen and oxygen atoms in total. The molecule has 1 aliphatic heterocycles. The molecule has 2 aromatic rings. The van der Waals surface area contributed by atoms with Crippen LogP contribution in [0.1, 0.15) is 35.5 Å². The number of nitrogens with zero attached hydrogens (tertiary/aromatic N) is 3. The lowest BCUT2D eigenvalue weighted by Crippen LogP contribution is -2.43. The second kappa shape index (κ2) is 5.58. The van der Waals surface area contributed by atoms with Gasteiger partial charge in [0.15, 0.2) is 5.82 Å². The van der Waals surface area contributed by atoms with E-state index in [1.165, 1.54) is 5.56 Å². The number of rotatable bonds is 4. The van der Waals surface area contributed by atoms with Crippen molar-refractivity contribution in [3.05, 3.63) is 47.6 Å². The third-order valence-corrected chi connectivity index (χ3v) is 4.39. The fourth-order valence-corrected chi connectivity index (χ4v) is 3.09. The highest BCUT2D eigenvalue weighted by atomic mass is 16.5. The van der Waals surface area contributed by atoms with Crippen LogP contribution in [0.3, 0.4) is 0 Å². The summed E-state index contributed by atoms with van der Waals surface area (Å²) in [5.74, 6) is 2.61. The van der Waals surface area contributed by atoms with Crippen LogP contribution < -0.4 is 5.32 Å². The third kappa shape index (κ3) is 2.84. The highest BCUT2D eigenvalue weighted by Gasteiger charge is 2.43. The molecule has 1 saturated carbocycles. The molecule has 4 rings (SSSR count). The number of hydrogen-bond acceptors (Lipinski definition) is 5. The van der Waals surface area contributed by atoms with Crippen molar-refractivity contribution >= 4 is 0 Å². The van der Waals surface area contributed by atoms with Crippen molar-refractivity contribution in [3.63, 3.8) is 0 Å². The number of aromatic nitrogens is 2. The largest absolute Gasteiger partial charge is 0.339 e. The summed E-state index contributed by atoms with van der Waals surface area (Å²) in [6.45, 7) is 5.00. The molecule has 1 N–H and O–H groups in total. The molecule has 2 aliphatic rings. The van der Waals surface area contributed by atoms with Crippen LogP contribution in [0, 0.1) is 0 Å². The Balaban J connectivity index is 1.39. The number of benzene rings is 1. The first kappa shape index (κ1) is 13.0. The standard InChI is InChI=1S/C16H20N4O/c1-2-4-12(5-3-1)13-10-14(13)16-18-15(19-21-16)11-20-8-6-17-7-9-20/h1-5,13-14,17H,6-11H2. The minimum absolute atomic E-state index is 0.414. The van der Waals surface area contributed by atoms with Gasteiger partial charge in [0, 0.05) is 32.1 Å². The van der Waals surface area contributed by atoms with Gasteiger partial charge in [0.2, 0.25) is 5.89 Å². The first-order valence-corrected chi connectivity index (χ1v) is 7.70. The van der Waals surface area contributed by atoms with Crippen molar-refractivity contribution < 1.29 is 4.52 Å². The molecular weight excluding hydrogens is 264 g/mol. The number of nitrogens with one attached hydrogen (secondary N) is 1. The molecule has 0 amide bonds. The molecule has 0 spiro atoms. The summed E-state index contributed by atoms with van der Waals surface area (Å²) in [5, 5.41) is 7.50. The van der Waals surface area contributed by atoms with E-state index in [2.05, 4.69) is 50.7 Å². The highest BCUT2D eigenvalue weighted by molar-refractivity contribution is 5.30. The Morgan fingerprint density at radius 2 is 1.95 bits per heavy atom. The van der Waals surface area contributed by atoms with Crippen molar-refractivity contribution in [1.29, 1.82) is 0 Å². The molecule has 1 aromatic heterocycles. The van der Waals surface area contributed by atoms with Crippen LogP contribution in [0.2, 0.25) is 0 Å². The highest BCUT2D eigenvalue weighted by Crippen LogP contribution is 2.53. The third-order valence-electron chi connectivity index (χ3n) is 4.39. The normalized spacial score (nSPS) is 25.9. The fraction of sp³-hybridized carbons (Fsp3) is 0.500. The van der Waals surface area contributed by atoms with Gasteiger partial charge in [0.25, 0.3) is 0 Å². The van der Waals surface area contributed by atoms with Crippen molar-refractivity contribution in [1.82, 2.24) is 20.4 Å². The summed E-state index contributed by atoms with van der Waals surface area (Å²) in [7, 11) is 0. The lowest BCUT2D eigenvalue weighted by Gasteiger charge is -2.25. The molecule has 2 fully saturated rings. The van der Waals surface area contributed by atoms with Gasteiger partial charge in [0.1, 0.15) is 0 Å². The summed E-state index contributed by atoms with van der Waals surface area (Å²) >= 11 is 0. The van der Waals surface area contributed by atoms with Crippen molar-refractivity contribution in [3.8, 4) is 0 Å². The van der Waals surface area contributed by atoms with Crippen LogP contribution in [-0.2, 0) is 6.54 Å². The minimum Gasteiger partial charge on any atom is -0.339 e. The van der Waals surface area contributed by atoms with Gasteiger partial charge in [-0.15, -0.1) is 0 Å². The first-order chi connectivity index (χ1) is 10.4. The van der Waals surface area contributed by atoms with E-state index >= 15 is 0 Å². The predicted octanol–water partition coefficient (Wildman–Crippen LogP) is 1.75. The van der Waals surface area contributed by atoms with E-state index in [-0.39, 0.29) is 0 Å². The molecule has 1 aliphatic carbocycles. The Labute approximate surface area is 124 Å². The first-order valence-electron chi connectivity index (χ1n) is 7.70. The average molecular weight is 284 g/mol. The maximum Gasteiger partial charge on any atom is 0.230 e. The van der Waals surface area contributed by atoms with Crippen molar-refractivity contribution in [2.75, 3.05) is 26.2 Å². The van der Waals surface area contributed by atoms with Gasteiger partial charge in [-0.1, -0.05) is 35.5 Å². The van der Waals surface area contributed by atoms with Gasteiger partial charge in [0.05, 0.1) is 6.54 Å². The van der Waals surface area contributed by atoms with Gasteiger partial charge in [-0.2, -0.15) is 4.98 Å². The van der Waals surface area contributed by atoms with Gasteiger partial charge >= 0.3 is 0 Å². The Bertz CT molecular complexity index is 591. The molecule has 1 saturated heterocycles. The molecular formula is C16H20N4O. The summed E-state index contributed by atoms with van der Waals surface area (Å²) in [5.41, 5.74) is 1.38. The van der Waals surface area contributed by atoms with Gasteiger partial charge < -0.3 is 9.84 Å². The van der Waals surface area contributed by atoms with Crippen LogP contribution in [0.5, 0.6) is 0 Å². The van der Waals surface area contributed by atoms with Crippen molar-refractivity contribution in [2.24, 2.45) is 0 Å². The zero-order valence-electron chi connectivity index (χ0n) is 12.0. The zero-order valence-corrected chi connectivity index (χ0v) is 12.0. The summed E-state index contributed by atoms with van der Waals surface area (Å²) < 4.78 is 5.48. The van der Waals surface area contributed by atoms with Gasteiger partial charge in [-0.05, 0) is 17.9 Å². The van der Waals surface area contributed by atoms with E-state index in [4.69, 9.17) is 4.52 Å². The van der Waals surface area contributed by atoms with Crippen LogP contribution in [0.25, 0.3) is 0 Å². The lowest BCUT2D eigenvalue weighted by molar-refractivity contribution is 0.224. The summed E-state index contributed by atoms with van der Waals surface area (Å²) in [6.07, 6.45) is 1.12. The maximum absolute atomic E-state index is 5.48. The Kier molecular flexibility index (Phi) is 3.45. The predicted molar refractivity (Wildman–Crippen MR) is 79.0 cm³/mol. The molecule has 1 aromatic carbocycles. The minimum atomic E-state index is 0.414. The van der Waals surface area contributed by atoms with E-state index in [0.717, 1.165) is 50.9 Å².